The minimum Gasteiger partial charge on any atom is -0.224 e. The van der Waals surface area contributed by atoms with Gasteiger partial charge in [-0.1, -0.05) is 13.8 Å². The van der Waals surface area contributed by atoms with Crippen molar-refractivity contribution in [3.8, 4) is 0 Å². The second-order valence-electron chi connectivity index (χ2n) is 4.33. The van der Waals surface area contributed by atoms with E-state index in [0.29, 0.717) is 11.4 Å². The summed E-state index contributed by atoms with van der Waals surface area (Å²) in [4.78, 5) is 0.568. The summed E-state index contributed by atoms with van der Waals surface area (Å²) in [5, 5.41) is 4.96. The highest BCUT2D eigenvalue weighted by Gasteiger charge is 2.13. The van der Waals surface area contributed by atoms with Crippen LogP contribution in [0.15, 0.2) is 16.3 Å². The summed E-state index contributed by atoms with van der Waals surface area (Å²) in [6.45, 7) is 4.14. The first-order chi connectivity index (χ1) is 8.60. The van der Waals surface area contributed by atoms with Crippen molar-refractivity contribution in [1.82, 2.24) is 9.44 Å². The highest BCUT2D eigenvalue weighted by atomic mass is 32.2. The molecule has 0 saturated carbocycles. The number of rotatable bonds is 7. The van der Waals surface area contributed by atoms with E-state index < -0.39 is 20.2 Å². The first kappa shape index (κ1) is 16.5. The van der Waals surface area contributed by atoms with Crippen molar-refractivity contribution < 1.29 is 16.8 Å². The van der Waals surface area contributed by atoms with Crippen molar-refractivity contribution in [3.63, 3.8) is 0 Å². The summed E-state index contributed by atoms with van der Waals surface area (Å²) in [6.07, 6.45) is 0. The third kappa shape index (κ3) is 5.97. The zero-order valence-corrected chi connectivity index (χ0v) is 13.0. The Bertz CT molecular complexity index is 619. The van der Waals surface area contributed by atoms with Gasteiger partial charge in [0, 0.05) is 18.0 Å². The lowest BCUT2D eigenvalue weighted by Crippen LogP contribution is -2.37. The van der Waals surface area contributed by atoms with E-state index >= 15 is 0 Å². The highest BCUT2D eigenvalue weighted by molar-refractivity contribution is 7.91. The maximum atomic E-state index is 11.6. The van der Waals surface area contributed by atoms with E-state index in [1.54, 1.807) is 0 Å². The molecule has 0 aliphatic rings. The van der Waals surface area contributed by atoms with Crippen LogP contribution in [0.25, 0.3) is 0 Å². The lowest BCUT2D eigenvalue weighted by atomic mass is 10.2. The molecule has 0 aliphatic heterocycles. The van der Waals surface area contributed by atoms with Crippen LogP contribution in [0, 0.1) is 5.92 Å². The van der Waals surface area contributed by atoms with Gasteiger partial charge < -0.3 is 0 Å². The molecule has 0 bridgehead atoms. The summed E-state index contributed by atoms with van der Waals surface area (Å²) in [5.74, 6) is 0.201. The summed E-state index contributed by atoms with van der Waals surface area (Å²) < 4.78 is 50.0. The van der Waals surface area contributed by atoms with Gasteiger partial charge >= 0.3 is 0 Å². The molecular formula is C9H17N3O4S3. The maximum Gasteiger partial charge on any atom is 0.277 e. The number of hydrogen-bond donors (Lipinski definition) is 3. The molecule has 1 heterocycles. The largest absolute Gasteiger partial charge is 0.277 e. The minimum atomic E-state index is -3.73. The smallest absolute Gasteiger partial charge is 0.224 e. The average molecular weight is 327 g/mol. The Balaban J connectivity index is 2.60. The molecule has 0 spiro atoms. The van der Waals surface area contributed by atoms with Crippen molar-refractivity contribution in [2.24, 2.45) is 11.1 Å². The van der Waals surface area contributed by atoms with Crippen molar-refractivity contribution >= 4 is 31.6 Å². The molecule has 0 atom stereocenters. The van der Waals surface area contributed by atoms with E-state index in [1.807, 2.05) is 13.8 Å². The Morgan fingerprint density at radius 1 is 1.21 bits per heavy atom. The zero-order valence-electron chi connectivity index (χ0n) is 10.6. The van der Waals surface area contributed by atoms with Crippen LogP contribution in [0.5, 0.6) is 0 Å². The van der Waals surface area contributed by atoms with Gasteiger partial charge in [0.05, 0.1) is 0 Å². The number of thiophene rings is 1. The molecule has 0 aliphatic carbocycles. The zero-order chi connectivity index (χ0) is 14.7. The molecule has 0 saturated heterocycles. The molecule has 4 N–H and O–H groups in total. The maximum absolute atomic E-state index is 11.6. The van der Waals surface area contributed by atoms with Crippen LogP contribution in [-0.2, 0) is 26.8 Å². The topological polar surface area (TPSA) is 118 Å². The van der Waals surface area contributed by atoms with Crippen LogP contribution in [-0.4, -0.2) is 23.4 Å². The van der Waals surface area contributed by atoms with E-state index in [-0.39, 0.29) is 16.7 Å². The Labute approximate surface area is 117 Å². The second kappa shape index (κ2) is 6.29. The molecule has 0 radical (unpaired) electrons. The highest BCUT2D eigenvalue weighted by Crippen LogP contribution is 2.20. The fraction of sp³-hybridized carbons (Fsp3) is 0.556. The molecule has 0 aromatic carbocycles. The van der Waals surface area contributed by atoms with Crippen molar-refractivity contribution in [2.75, 3.05) is 6.54 Å². The van der Waals surface area contributed by atoms with E-state index in [4.69, 9.17) is 5.14 Å². The van der Waals surface area contributed by atoms with Crippen LogP contribution in [0.3, 0.4) is 0 Å². The van der Waals surface area contributed by atoms with Crippen molar-refractivity contribution in [3.05, 3.63) is 17.0 Å². The molecule has 19 heavy (non-hydrogen) atoms. The van der Waals surface area contributed by atoms with Gasteiger partial charge in [0.2, 0.25) is 10.0 Å². The average Bonchev–Trinajstić information content (AvgIpc) is 2.72. The Kier molecular flexibility index (Phi) is 5.47. The standard InChI is InChI=1S/C9H17N3O4S3/c1-7(2)5-11-19(15,16)12-6-8-3-4-9(17-8)18(10,13)14/h3-4,7,11-12H,5-6H2,1-2H3,(H2,10,13,14). The summed E-state index contributed by atoms with van der Waals surface area (Å²) >= 11 is 0.937. The van der Waals surface area contributed by atoms with Gasteiger partial charge in [-0.3, -0.25) is 0 Å². The Morgan fingerprint density at radius 3 is 2.32 bits per heavy atom. The molecule has 0 amide bonds. The third-order valence-corrected chi connectivity index (χ3v) is 5.63. The van der Waals surface area contributed by atoms with E-state index in [9.17, 15) is 16.8 Å². The molecule has 1 rings (SSSR count). The fourth-order valence-corrected chi connectivity index (χ4v) is 3.91. The normalized spacial score (nSPS) is 13.1. The molecule has 7 nitrogen and oxygen atoms in total. The van der Waals surface area contributed by atoms with E-state index in [2.05, 4.69) is 9.44 Å². The molecule has 1 aromatic rings. The van der Waals surface area contributed by atoms with Gasteiger partial charge in [-0.25, -0.2) is 18.3 Å². The molecule has 0 unspecified atom stereocenters. The summed E-state index contributed by atoms with van der Waals surface area (Å²) in [5.41, 5.74) is 0. The Hall–Kier alpha value is -0.520. The number of hydrogen-bond acceptors (Lipinski definition) is 5. The van der Waals surface area contributed by atoms with Gasteiger partial charge in [0.1, 0.15) is 4.21 Å². The van der Waals surface area contributed by atoms with Gasteiger partial charge in [0.25, 0.3) is 10.2 Å². The van der Waals surface area contributed by atoms with Gasteiger partial charge in [-0.15, -0.1) is 11.3 Å². The van der Waals surface area contributed by atoms with Crippen LogP contribution in [0.4, 0.5) is 0 Å². The molecule has 110 valence electrons. The number of nitrogens with two attached hydrogens (primary N) is 1. The van der Waals surface area contributed by atoms with Gasteiger partial charge in [-0.2, -0.15) is 13.1 Å². The molecular weight excluding hydrogens is 310 g/mol. The lowest BCUT2D eigenvalue weighted by molar-refractivity contribution is 0.547. The first-order valence-electron chi connectivity index (χ1n) is 5.46. The van der Waals surface area contributed by atoms with Gasteiger partial charge in [0.15, 0.2) is 0 Å². The molecule has 0 fully saturated rings. The van der Waals surface area contributed by atoms with Crippen LogP contribution < -0.4 is 14.6 Å². The van der Waals surface area contributed by atoms with E-state index in [0.717, 1.165) is 11.3 Å². The first-order valence-corrected chi connectivity index (χ1v) is 9.30. The lowest BCUT2D eigenvalue weighted by Gasteiger charge is -2.09. The number of nitrogens with one attached hydrogen (secondary N) is 2. The van der Waals surface area contributed by atoms with Crippen LogP contribution >= 0.6 is 11.3 Å². The fourth-order valence-electron chi connectivity index (χ4n) is 1.10. The quantitative estimate of drug-likeness (QED) is 0.652. The summed E-state index contributed by atoms with van der Waals surface area (Å²) in [6, 6.07) is 2.88. The van der Waals surface area contributed by atoms with E-state index in [1.165, 1.54) is 12.1 Å². The molecule has 1 aromatic heterocycles. The predicted molar refractivity (Wildman–Crippen MR) is 74.3 cm³/mol. The monoisotopic (exact) mass is 327 g/mol. The van der Waals surface area contributed by atoms with Crippen molar-refractivity contribution in [2.45, 2.75) is 24.6 Å². The number of sulfonamides is 1. The minimum absolute atomic E-state index is 0.0110. The third-order valence-electron chi connectivity index (χ3n) is 2.04. The number of primary sulfonamides is 1. The summed E-state index contributed by atoms with van der Waals surface area (Å²) in [7, 11) is -7.31. The second-order valence-corrected chi connectivity index (χ2v) is 8.87. The molecule has 10 heteroatoms. The van der Waals surface area contributed by atoms with Crippen LogP contribution in [0.1, 0.15) is 18.7 Å². The van der Waals surface area contributed by atoms with Crippen molar-refractivity contribution in [1.29, 1.82) is 0 Å². The SMILES string of the molecule is CC(C)CNS(=O)(=O)NCc1ccc(S(N)(=O)=O)s1. The Morgan fingerprint density at radius 2 is 1.84 bits per heavy atom. The predicted octanol–water partition coefficient (Wildman–Crippen LogP) is -0.0245. The van der Waals surface area contributed by atoms with Crippen LogP contribution in [0.2, 0.25) is 0 Å². The van der Waals surface area contributed by atoms with Gasteiger partial charge in [-0.05, 0) is 18.1 Å².